The summed E-state index contributed by atoms with van der Waals surface area (Å²) in [5.41, 5.74) is 3.94. The van der Waals surface area contributed by atoms with Crippen LogP contribution in [0, 0.1) is 0 Å². The molecule has 3 N–H and O–H groups in total. The molecule has 3 rings (SSSR count). The minimum atomic E-state index is -0.649. The molecule has 148 valence electrons. The van der Waals surface area contributed by atoms with E-state index in [2.05, 4.69) is 10.5 Å². The van der Waals surface area contributed by atoms with Crippen LogP contribution < -0.4 is 14.9 Å². The topological polar surface area (TPSA) is 100 Å². The van der Waals surface area contributed by atoms with E-state index >= 15 is 0 Å². The van der Waals surface area contributed by atoms with Gasteiger partial charge < -0.3 is 19.7 Å². The predicted octanol–water partition coefficient (Wildman–Crippen LogP) is 3.45. The van der Waals surface area contributed by atoms with E-state index in [-0.39, 0.29) is 17.1 Å². The van der Waals surface area contributed by atoms with Crippen molar-refractivity contribution in [3.63, 3.8) is 0 Å². The van der Waals surface area contributed by atoms with E-state index in [1.807, 2.05) is 30.3 Å². The number of hydrogen-bond acceptors (Lipinski definition) is 6. The first kappa shape index (κ1) is 19.8. The minimum Gasteiger partial charge on any atom is -0.508 e. The van der Waals surface area contributed by atoms with Crippen LogP contribution in [0.3, 0.4) is 0 Å². The van der Waals surface area contributed by atoms with Crippen molar-refractivity contribution in [1.82, 2.24) is 5.43 Å². The molecule has 7 nitrogen and oxygen atoms in total. The van der Waals surface area contributed by atoms with Crippen LogP contribution in [0.2, 0.25) is 0 Å². The van der Waals surface area contributed by atoms with Crippen molar-refractivity contribution in [3.8, 4) is 23.0 Å². The van der Waals surface area contributed by atoms with Crippen LogP contribution >= 0.6 is 0 Å². The van der Waals surface area contributed by atoms with Gasteiger partial charge in [-0.25, -0.2) is 5.43 Å². The summed E-state index contributed by atoms with van der Waals surface area (Å²) in [7, 11) is 1.54. The van der Waals surface area contributed by atoms with E-state index in [1.165, 1.54) is 25.5 Å². The third-order valence-electron chi connectivity index (χ3n) is 4.03. The van der Waals surface area contributed by atoms with E-state index in [0.717, 1.165) is 11.6 Å². The zero-order valence-electron chi connectivity index (χ0n) is 15.7. The number of methoxy groups -OCH3 is 1. The average molecular weight is 392 g/mol. The molecular formula is C22H20N2O5. The van der Waals surface area contributed by atoms with E-state index in [4.69, 9.17) is 9.47 Å². The lowest BCUT2D eigenvalue weighted by Crippen LogP contribution is -2.17. The summed E-state index contributed by atoms with van der Waals surface area (Å²) in [4.78, 5) is 12.1. The van der Waals surface area contributed by atoms with Gasteiger partial charge in [0.15, 0.2) is 11.5 Å². The number of benzene rings is 3. The molecule has 0 heterocycles. The number of carbonyl (C=O) groups is 1. The predicted molar refractivity (Wildman–Crippen MR) is 109 cm³/mol. The second kappa shape index (κ2) is 9.27. The van der Waals surface area contributed by atoms with Gasteiger partial charge in [-0.15, -0.1) is 0 Å². The molecule has 0 saturated carbocycles. The lowest BCUT2D eigenvalue weighted by molar-refractivity contribution is 0.0952. The molecule has 0 aliphatic rings. The largest absolute Gasteiger partial charge is 0.508 e. The first-order chi connectivity index (χ1) is 14.1. The Morgan fingerprint density at radius 3 is 2.59 bits per heavy atom. The summed E-state index contributed by atoms with van der Waals surface area (Å²) >= 11 is 0. The summed E-state index contributed by atoms with van der Waals surface area (Å²) in [6.45, 7) is 0.411. The first-order valence-corrected chi connectivity index (χ1v) is 8.77. The normalized spacial score (nSPS) is 10.7. The molecule has 0 aliphatic heterocycles. The van der Waals surface area contributed by atoms with Crippen LogP contribution in [-0.4, -0.2) is 29.4 Å². The number of carbonyl (C=O) groups excluding carboxylic acids is 1. The van der Waals surface area contributed by atoms with Crippen LogP contribution in [0.5, 0.6) is 23.0 Å². The van der Waals surface area contributed by atoms with Gasteiger partial charge in [0, 0.05) is 0 Å². The van der Waals surface area contributed by atoms with E-state index in [0.29, 0.717) is 23.7 Å². The third-order valence-corrected chi connectivity index (χ3v) is 4.03. The molecule has 3 aromatic carbocycles. The number of amides is 1. The molecule has 0 saturated heterocycles. The molecule has 3 aromatic rings. The Hall–Kier alpha value is -4.00. The summed E-state index contributed by atoms with van der Waals surface area (Å²) in [5.74, 6) is 0.0818. The Morgan fingerprint density at radius 1 is 1.03 bits per heavy atom. The second-order valence-corrected chi connectivity index (χ2v) is 6.09. The van der Waals surface area contributed by atoms with Crippen molar-refractivity contribution >= 4 is 12.1 Å². The molecule has 0 aromatic heterocycles. The third kappa shape index (κ3) is 5.26. The van der Waals surface area contributed by atoms with Gasteiger partial charge in [0.2, 0.25) is 0 Å². The van der Waals surface area contributed by atoms with Gasteiger partial charge in [-0.05, 0) is 47.5 Å². The molecule has 0 unspecified atom stereocenters. The highest BCUT2D eigenvalue weighted by molar-refractivity contribution is 5.97. The maximum atomic E-state index is 12.1. The standard InChI is InChI=1S/C22H20N2O5/c1-28-21-11-16(7-10-20(21)29-14-15-5-3-2-4-6-15)13-23-24-22(27)18-12-17(25)8-9-19(18)26/h2-13,25-26H,14H2,1H3,(H,24,27)/b23-13+. The van der Waals surface area contributed by atoms with E-state index in [1.54, 1.807) is 18.2 Å². The molecule has 0 bridgehead atoms. The number of aromatic hydroxyl groups is 2. The van der Waals surface area contributed by atoms with Gasteiger partial charge in [0.05, 0.1) is 18.9 Å². The van der Waals surface area contributed by atoms with Crippen molar-refractivity contribution in [3.05, 3.63) is 83.4 Å². The molecule has 0 radical (unpaired) electrons. The zero-order chi connectivity index (χ0) is 20.6. The Kier molecular flexibility index (Phi) is 6.32. The van der Waals surface area contributed by atoms with Gasteiger partial charge >= 0.3 is 0 Å². The Labute approximate surface area is 167 Å². The van der Waals surface area contributed by atoms with Crippen molar-refractivity contribution < 1.29 is 24.5 Å². The molecule has 1 amide bonds. The Morgan fingerprint density at radius 2 is 1.83 bits per heavy atom. The number of hydrazone groups is 1. The van der Waals surface area contributed by atoms with Crippen LogP contribution in [0.1, 0.15) is 21.5 Å². The minimum absolute atomic E-state index is 0.0793. The number of phenols is 2. The molecule has 29 heavy (non-hydrogen) atoms. The number of nitrogens with zero attached hydrogens (tertiary/aromatic N) is 1. The summed E-state index contributed by atoms with van der Waals surface area (Å²) in [6.07, 6.45) is 1.43. The van der Waals surface area contributed by atoms with E-state index in [9.17, 15) is 15.0 Å². The quantitative estimate of drug-likeness (QED) is 0.325. The lowest BCUT2D eigenvalue weighted by Gasteiger charge is -2.11. The fourth-order valence-electron chi connectivity index (χ4n) is 2.55. The summed E-state index contributed by atoms with van der Waals surface area (Å²) in [6, 6.07) is 18.7. The highest BCUT2D eigenvalue weighted by atomic mass is 16.5. The molecule has 0 fully saturated rings. The van der Waals surface area contributed by atoms with Crippen LogP contribution in [0.4, 0.5) is 0 Å². The van der Waals surface area contributed by atoms with Crippen molar-refractivity contribution in [2.24, 2.45) is 5.10 Å². The zero-order valence-corrected chi connectivity index (χ0v) is 15.7. The highest BCUT2D eigenvalue weighted by Crippen LogP contribution is 2.28. The van der Waals surface area contributed by atoms with Gasteiger partial charge in [-0.2, -0.15) is 5.10 Å². The average Bonchev–Trinajstić information content (AvgIpc) is 2.75. The maximum Gasteiger partial charge on any atom is 0.275 e. The van der Waals surface area contributed by atoms with Crippen molar-refractivity contribution in [2.45, 2.75) is 6.61 Å². The lowest BCUT2D eigenvalue weighted by atomic mass is 10.2. The van der Waals surface area contributed by atoms with Gasteiger partial charge in [0.25, 0.3) is 5.91 Å². The highest BCUT2D eigenvalue weighted by Gasteiger charge is 2.11. The number of rotatable bonds is 7. The SMILES string of the molecule is COc1cc(/C=N/NC(=O)c2cc(O)ccc2O)ccc1OCc1ccccc1. The van der Waals surface area contributed by atoms with Crippen LogP contribution in [0.25, 0.3) is 0 Å². The Balaban J connectivity index is 1.65. The van der Waals surface area contributed by atoms with Crippen molar-refractivity contribution in [2.75, 3.05) is 7.11 Å². The number of phenolic OH excluding ortho intramolecular Hbond substituents is 2. The number of ether oxygens (including phenoxy) is 2. The van der Waals surface area contributed by atoms with Gasteiger partial charge in [-0.3, -0.25) is 4.79 Å². The van der Waals surface area contributed by atoms with Crippen molar-refractivity contribution in [1.29, 1.82) is 0 Å². The smallest absolute Gasteiger partial charge is 0.275 e. The molecule has 7 heteroatoms. The monoisotopic (exact) mass is 392 g/mol. The molecule has 0 aliphatic carbocycles. The molecule has 0 atom stereocenters. The summed E-state index contributed by atoms with van der Waals surface area (Å²) in [5, 5.41) is 23.0. The van der Waals surface area contributed by atoms with Gasteiger partial charge in [0.1, 0.15) is 18.1 Å². The van der Waals surface area contributed by atoms with Gasteiger partial charge in [-0.1, -0.05) is 30.3 Å². The fourth-order valence-corrected chi connectivity index (χ4v) is 2.55. The molecular weight excluding hydrogens is 372 g/mol. The summed E-state index contributed by atoms with van der Waals surface area (Å²) < 4.78 is 11.2. The second-order valence-electron chi connectivity index (χ2n) is 6.09. The molecule has 0 spiro atoms. The van der Waals surface area contributed by atoms with E-state index < -0.39 is 5.91 Å². The number of nitrogens with one attached hydrogen (secondary N) is 1. The van der Waals surface area contributed by atoms with Crippen LogP contribution in [0.15, 0.2) is 71.8 Å². The van der Waals surface area contributed by atoms with Crippen LogP contribution in [-0.2, 0) is 6.61 Å². The maximum absolute atomic E-state index is 12.1. The fraction of sp³-hybridized carbons (Fsp3) is 0.0909. The first-order valence-electron chi connectivity index (χ1n) is 8.77. The Bertz CT molecular complexity index is 1020. The number of hydrogen-bond donors (Lipinski definition) is 3.